The summed E-state index contributed by atoms with van der Waals surface area (Å²) in [6, 6.07) is 0.382. The van der Waals surface area contributed by atoms with Gasteiger partial charge in [-0.3, -0.25) is 4.79 Å². The zero-order chi connectivity index (χ0) is 12.7. The van der Waals surface area contributed by atoms with Crippen molar-refractivity contribution in [3.8, 4) is 0 Å². The Kier molecular flexibility index (Phi) is 6.52. The molecule has 100 valence electrons. The van der Waals surface area contributed by atoms with E-state index in [2.05, 4.69) is 17.3 Å². The van der Waals surface area contributed by atoms with Crippen molar-refractivity contribution < 1.29 is 4.79 Å². The largest absolute Gasteiger partial charge is 0.353 e. The average Bonchev–Trinajstić information content (AvgIpc) is 2.82. The van der Waals surface area contributed by atoms with Crippen molar-refractivity contribution in [2.75, 3.05) is 20.1 Å². The van der Waals surface area contributed by atoms with Gasteiger partial charge in [0.2, 0.25) is 5.91 Å². The summed E-state index contributed by atoms with van der Waals surface area (Å²) < 4.78 is 0. The predicted octanol–water partition coefficient (Wildman–Crippen LogP) is 1.10. The van der Waals surface area contributed by atoms with Crippen LogP contribution < -0.4 is 11.1 Å². The molecule has 0 unspecified atom stereocenters. The Morgan fingerprint density at radius 2 is 2.12 bits per heavy atom. The number of carbonyl (C=O) groups is 1. The monoisotopic (exact) mass is 241 g/mol. The first-order chi connectivity index (χ1) is 8.15. The molecular weight excluding hydrogens is 214 g/mol. The van der Waals surface area contributed by atoms with Crippen LogP contribution in [-0.2, 0) is 4.79 Å². The molecule has 1 saturated carbocycles. The number of rotatable bonds is 7. The summed E-state index contributed by atoms with van der Waals surface area (Å²) in [5.41, 5.74) is 5.74. The minimum absolute atomic E-state index is 0.00771. The lowest BCUT2D eigenvalue weighted by Gasteiger charge is -2.24. The van der Waals surface area contributed by atoms with Crippen molar-refractivity contribution in [1.29, 1.82) is 0 Å². The minimum atomic E-state index is -0.336. The van der Waals surface area contributed by atoms with E-state index < -0.39 is 0 Å². The van der Waals surface area contributed by atoms with Crippen LogP contribution in [0.2, 0.25) is 0 Å². The van der Waals surface area contributed by atoms with Gasteiger partial charge in [-0.2, -0.15) is 0 Å². The molecule has 0 radical (unpaired) electrons. The Labute approximate surface area is 105 Å². The maximum atomic E-state index is 11.6. The zero-order valence-electron chi connectivity index (χ0n) is 11.2. The number of carbonyl (C=O) groups excluding carboxylic acids is 1. The number of amides is 1. The Morgan fingerprint density at radius 1 is 1.47 bits per heavy atom. The number of hydrogen-bond acceptors (Lipinski definition) is 3. The van der Waals surface area contributed by atoms with Gasteiger partial charge in [-0.05, 0) is 26.3 Å². The molecule has 0 spiro atoms. The molecule has 3 N–H and O–H groups in total. The molecule has 17 heavy (non-hydrogen) atoms. The van der Waals surface area contributed by atoms with Crippen molar-refractivity contribution in [2.24, 2.45) is 5.73 Å². The maximum absolute atomic E-state index is 11.6. The van der Waals surface area contributed by atoms with E-state index in [0.717, 1.165) is 25.4 Å². The zero-order valence-corrected chi connectivity index (χ0v) is 11.2. The number of nitrogens with two attached hydrogens (primary N) is 1. The number of hydrogen-bond donors (Lipinski definition) is 2. The fraction of sp³-hybridized carbons (Fsp3) is 0.923. The summed E-state index contributed by atoms with van der Waals surface area (Å²) in [4.78, 5) is 13.9. The van der Waals surface area contributed by atoms with Crippen LogP contribution in [0.15, 0.2) is 0 Å². The molecule has 0 aromatic heterocycles. The first kappa shape index (κ1) is 14.5. The van der Waals surface area contributed by atoms with Crippen molar-refractivity contribution >= 4 is 5.91 Å². The molecule has 1 atom stereocenters. The van der Waals surface area contributed by atoms with Crippen LogP contribution in [0.3, 0.4) is 0 Å². The van der Waals surface area contributed by atoms with E-state index in [1.165, 1.54) is 25.7 Å². The van der Waals surface area contributed by atoms with Crippen LogP contribution in [0, 0.1) is 0 Å². The molecule has 1 fully saturated rings. The highest BCUT2D eigenvalue weighted by Crippen LogP contribution is 2.21. The molecule has 1 aliphatic carbocycles. The van der Waals surface area contributed by atoms with Crippen molar-refractivity contribution in [3.05, 3.63) is 0 Å². The van der Waals surface area contributed by atoms with E-state index in [1.807, 2.05) is 6.92 Å². The third kappa shape index (κ3) is 5.04. The first-order valence-corrected chi connectivity index (χ1v) is 6.88. The van der Waals surface area contributed by atoms with Crippen molar-refractivity contribution in [1.82, 2.24) is 10.2 Å². The Morgan fingerprint density at radius 3 is 2.71 bits per heavy atom. The first-order valence-electron chi connectivity index (χ1n) is 6.88. The van der Waals surface area contributed by atoms with Gasteiger partial charge in [0.25, 0.3) is 0 Å². The molecule has 0 aromatic rings. The fourth-order valence-corrected chi connectivity index (χ4v) is 2.46. The molecule has 4 heteroatoms. The quantitative estimate of drug-likeness (QED) is 0.702. The molecule has 1 aliphatic rings. The molecule has 0 bridgehead atoms. The third-order valence-electron chi connectivity index (χ3n) is 3.65. The van der Waals surface area contributed by atoms with Gasteiger partial charge < -0.3 is 16.0 Å². The van der Waals surface area contributed by atoms with Crippen LogP contribution in [0.4, 0.5) is 0 Å². The lowest BCUT2D eigenvalue weighted by atomic mass is 10.1. The van der Waals surface area contributed by atoms with Crippen LogP contribution in [-0.4, -0.2) is 43.0 Å². The van der Waals surface area contributed by atoms with Gasteiger partial charge in [0.1, 0.15) is 0 Å². The predicted molar refractivity (Wildman–Crippen MR) is 70.8 cm³/mol. The van der Waals surface area contributed by atoms with Crippen LogP contribution >= 0.6 is 0 Å². The van der Waals surface area contributed by atoms with E-state index in [-0.39, 0.29) is 11.9 Å². The number of nitrogens with one attached hydrogen (secondary N) is 1. The summed E-state index contributed by atoms with van der Waals surface area (Å²) in [7, 11) is 2.15. The van der Waals surface area contributed by atoms with Gasteiger partial charge in [0, 0.05) is 19.1 Å². The average molecular weight is 241 g/mol. The van der Waals surface area contributed by atoms with E-state index in [9.17, 15) is 4.79 Å². The second-order valence-electron chi connectivity index (χ2n) is 5.11. The Bertz CT molecular complexity index is 227. The molecule has 0 aliphatic heterocycles. The summed E-state index contributed by atoms with van der Waals surface area (Å²) in [6.07, 6.45) is 7.03. The summed E-state index contributed by atoms with van der Waals surface area (Å²) in [5.74, 6) is -0.00771. The lowest BCUT2D eigenvalue weighted by Crippen LogP contribution is -2.44. The Balaban J connectivity index is 2.11. The summed E-state index contributed by atoms with van der Waals surface area (Å²) in [6.45, 7) is 3.68. The maximum Gasteiger partial charge on any atom is 0.236 e. The highest BCUT2D eigenvalue weighted by molar-refractivity contribution is 5.81. The topological polar surface area (TPSA) is 58.4 Å². The fourth-order valence-electron chi connectivity index (χ4n) is 2.46. The minimum Gasteiger partial charge on any atom is -0.353 e. The second kappa shape index (κ2) is 7.67. The van der Waals surface area contributed by atoms with E-state index in [1.54, 1.807) is 0 Å². The van der Waals surface area contributed by atoms with Crippen LogP contribution in [0.1, 0.15) is 45.4 Å². The van der Waals surface area contributed by atoms with Gasteiger partial charge in [-0.25, -0.2) is 0 Å². The molecule has 4 nitrogen and oxygen atoms in total. The normalized spacial score (nSPS) is 18.6. The highest BCUT2D eigenvalue weighted by Gasteiger charge is 2.19. The van der Waals surface area contributed by atoms with Crippen molar-refractivity contribution in [3.63, 3.8) is 0 Å². The summed E-state index contributed by atoms with van der Waals surface area (Å²) in [5, 5.41) is 2.92. The molecule has 1 amide bonds. The Hall–Kier alpha value is -0.610. The highest BCUT2D eigenvalue weighted by atomic mass is 16.2. The molecule has 1 rings (SSSR count). The van der Waals surface area contributed by atoms with Gasteiger partial charge in [-0.1, -0.05) is 26.2 Å². The van der Waals surface area contributed by atoms with Gasteiger partial charge in [0.15, 0.2) is 0 Å². The smallest absolute Gasteiger partial charge is 0.236 e. The SMILES string of the molecule is CCC[C@H](N)C(=O)NCCN(C)C1CCCC1. The number of likely N-dealkylation sites (N-methyl/N-ethyl adjacent to an activating group) is 1. The van der Waals surface area contributed by atoms with E-state index in [4.69, 9.17) is 5.73 Å². The van der Waals surface area contributed by atoms with Gasteiger partial charge >= 0.3 is 0 Å². The third-order valence-corrected chi connectivity index (χ3v) is 3.65. The van der Waals surface area contributed by atoms with E-state index in [0.29, 0.717) is 6.54 Å². The van der Waals surface area contributed by atoms with Gasteiger partial charge in [-0.15, -0.1) is 0 Å². The lowest BCUT2D eigenvalue weighted by molar-refractivity contribution is -0.122. The standard InChI is InChI=1S/C13H27N3O/c1-3-6-12(14)13(17)15-9-10-16(2)11-7-4-5-8-11/h11-12H,3-10,14H2,1-2H3,(H,15,17)/t12-/m0/s1. The molecule has 0 heterocycles. The van der Waals surface area contributed by atoms with Gasteiger partial charge in [0.05, 0.1) is 6.04 Å². The molecular formula is C13H27N3O. The van der Waals surface area contributed by atoms with Crippen LogP contribution in [0.5, 0.6) is 0 Å². The molecule has 0 aromatic carbocycles. The molecule has 0 saturated heterocycles. The second-order valence-corrected chi connectivity index (χ2v) is 5.11. The summed E-state index contributed by atoms with van der Waals surface area (Å²) >= 11 is 0. The van der Waals surface area contributed by atoms with E-state index >= 15 is 0 Å². The van der Waals surface area contributed by atoms with Crippen molar-refractivity contribution in [2.45, 2.75) is 57.5 Å². The van der Waals surface area contributed by atoms with Crippen LogP contribution in [0.25, 0.3) is 0 Å². The number of nitrogens with zero attached hydrogens (tertiary/aromatic N) is 1.